The lowest BCUT2D eigenvalue weighted by atomic mass is 9.98. The van der Waals surface area contributed by atoms with E-state index in [0.717, 1.165) is 50.3 Å². The standard InChI is InChI=1S/C28H34N4O3/c1-20-24(9-10-25-29-15-19-31(20)25)21-5-7-23(8-6-21)35-26-4-2-3-16-32(26)22-11-17-30(18-12-22)27(33)28(34)13-14-28/h5-10,15,19,22,26,34H,2-4,11-14,16-18H2,1H3. The normalized spacial score (nSPS) is 22.9. The highest BCUT2D eigenvalue weighted by Crippen LogP contribution is 2.38. The molecule has 1 aromatic carbocycles. The molecule has 0 spiro atoms. The number of fused-ring (bicyclic) bond motifs is 1. The number of imidazole rings is 1. The van der Waals surface area contributed by atoms with Crippen LogP contribution in [-0.4, -0.2) is 67.7 Å². The van der Waals surface area contributed by atoms with Crippen molar-refractivity contribution < 1.29 is 14.6 Å². The van der Waals surface area contributed by atoms with Crippen LogP contribution in [0, 0.1) is 6.92 Å². The Labute approximate surface area is 206 Å². The summed E-state index contributed by atoms with van der Waals surface area (Å²) in [6.45, 7) is 4.61. The first kappa shape index (κ1) is 22.6. The number of aliphatic hydroxyl groups is 1. The molecular weight excluding hydrogens is 440 g/mol. The third kappa shape index (κ3) is 4.32. The average molecular weight is 475 g/mol. The zero-order chi connectivity index (χ0) is 24.0. The molecule has 35 heavy (non-hydrogen) atoms. The van der Waals surface area contributed by atoms with Gasteiger partial charge in [0.2, 0.25) is 0 Å². The van der Waals surface area contributed by atoms with Crippen LogP contribution in [0.5, 0.6) is 5.75 Å². The van der Waals surface area contributed by atoms with Gasteiger partial charge in [0.15, 0.2) is 6.23 Å². The summed E-state index contributed by atoms with van der Waals surface area (Å²) in [4.78, 5) is 21.3. The molecule has 3 aliphatic rings. The Morgan fingerprint density at radius 2 is 1.80 bits per heavy atom. The Morgan fingerprint density at radius 1 is 1.03 bits per heavy atom. The smallest absolute Gasteiger partial charge is 0.254 e. The third-order valence-electron chi connectivity index (χ3n) is 8.09. The quantitative estimate of drug-likeness (QED) is 0.605. The summed E-state index contributed by atoms with van der Waals surface area (Å²) in [6.07, 6.45) is 10.4. The van der Waals surface area contributed by atoms with Crippen LogP contribution in [0.1, 0.15) is 50.6 Å². The van der Waals surface area contributed by atoms with E-state index in [0.29, 0.717) is 18.9 Å². The molecule has 3 fully saturated rings. The van der Waals surface area contributed by atoms with E-state index in [9.17, 15) is 9.90 Å². The molecule has 7 nitrogen and oxygen atoms in total. The molecule has 1 N–H and O–H groups in total. The number of rotatable bonds is 5. The molecule has 0 bridgehead atoms. The zero-order valence-electron chi connectivity index (χ0n) is 20.4. The molecule has 0 radical (unpaired) electrons. The molecule has 3 aromatic rings. The minimum absolute atomic E-state index is 0.0649. The van der Waals surface area contributed by atoms with Gasteiger partial charge >= 0.3 is 0 Å². The summed E-state index contributed by atoms with van der Waals surface area (Å²) in [6, 6.07) is 13.0. The molecule has 1 atom stereocenters. The number of amides is 1. The zero-order valence-corrected chi connectivity index (χ0v) is 20.4. The summed E-state index contributed by atoms with van der Waals surface area (Å²) < 4.78 is 8.64. The second-order valence-corrected chi connectivity index (χ2v) is 10.4. The Kier molecular flexibility index (Phi) is 5.77. The summed E-state index contributed by atoms with van der Waals surface area (Å²) in [7, 11) is 0. The van der Waals surface area contributed by atoms with Crippen LogP contribution >= 0.6 is 0 Å². The van der Waals surface area contributed by atoms with Crippen molar-refractivity contribution in [2.75, 3.05) is 19.6 Å². The Balaban J connectivity index is 1.12. The van der Waals surface area contributed by atoms with Gasteiger partial charge in [-0.1, -0.05) is 12.1 Å². The first-order chi connectivity index (χ1) is 17.0. The van der Waals surface area contributed by atoms with Gasteiger partial charge in [-0.3, -0.25) is 9.69 Å². The maximum Gasteiger partial charge on any atom is 0.254 e. The second-order valence-electron chi connectivity index (χ2n) is 10.4. The van der Waals surface area contributed by atoms with Crippen molar-refractivity contribution in [3.63, 3.8) is 0 Å². The van der Waals surface area contributed by atoms with E-state index >= 15 is 0 Å². The van der Waals surface area contributed by atoms with Gasteiger partial charge in [0, 0.05) is 49.3 Å². The molecule has 1 unspecified atom stereocenters. The van der Waals surface area contributed by atoms with Crippen LogP contribution in [-0.2, 0) is 4.79 Å². The summed E-state index contributed by atoms with van der Waals surface area (Å²) in [5.41, 5.74) is 3.44. The van der Waals surface area contributed by atoms with Crippen molar-refractivity contribution in [2.45, 2.75) is 69.7 Å². The van der Waals surface area contributed by atoms with Gasteiger partial charge in [0.1, 0.15) is 17.0 Å². The molecule has 7 heteroatoms. The molecule has 1 aliphatic carbocycles. The number of carbonyl (C=O) groups is 1. The molecule has 1 saturated carbocycles. The van der Waals surface area contributed by atoms with Crippen LogP contribution in [0.4, 0.5) is 0 Å². The first-order valence-corrected chi connectivity index (χ1v) is 13.0. The highest BCUT2D eigenvalue weighted by Gasteiger charge is 2.50. The lowest BCUT2D eigenvalue weighted by Gasteiger charge is -2.44. The van der Waals surface area contributed by atoms with E-state index in [-0.39, 0.29) is 12.1 Å². The Hall–Kier alpha value is -2.90. The minimum Gasteiger partial charge on any atom is -0.475 e. The highest BCUT2D eigenvalue weighted by atomic mass is 16.5. The number of aryl methyl sites for hydroxylation is 1. The van der Waals surface area contributed by atoms with Crippen LogP contribution in [0.3, 0.4) is 0 Å². The van der Waals surface area contributed by atoms with Crippen LogP contribution in [0.15, 0.2) is 48.8 Å². The number of nitrogens with zero attached hydrogens (tertiary/aromatic N) is 4. The Morgan fingerprint density at radius 3 is 2.54 bits per heavy atom. The second kappa shape index (κ2) is 8.95. The van der Waals surface area contributed by atoms with E-state index in [1.165, 1.54) is 29.7 Å². The Bertz CT molecular complexity index is 1210. The van der Waals surface area contributed by atoms with Crippen molar-refractivity contribution in [1.29, 1.82) is 0 Å². The number of hydrogen-bond donors (Lipinski definition) is 1. The fourth-order valence-corrected chi connectivity index (χ4v) is 5.80. The molecule has 2 saturated heterocycles. The van der Waals surface area contributed by atoms with Gasteiger partial charge in [-0.25, -0.2) is 4.98 Å². The van der Waals surface area contributed by atoms with E-state index in [1.807, 2.05) is 17.3 Å². The maximum atomic E-state index is 12.5. The molecule has 2 aliphatic heterocycles. The van der Waals surface area contributed by atoms with Gasteiger partial charge in [0.05, 0.1) is 0 Å². The maximum absolute atomic E-state index is 12.5. The molecular formula is C28H34N4O3. The van der Waals surface area contributed by atoms with Crippen molar-refractivity contribution >= 4 is 11.6 Å². The fraction of sp³-hybridized carbons (Fsp3) is 0.500. The molecule has 2 aromatic heterocycles. The molecule has 1 amide bonds. The topological polar surface area (TPSA) is 70.3 Å². The molecule has 6 rings (SSSR count). The van der Waals surface area contributed by atoms with Gasteiger partial charge in [-0.2, -0.15) is 0 Å². The van der Waals surface area contributed by atoms with Crippen LogP contribution in [0.25, 0.3) is 16.8 Å². The summed E-state index contributed by atoms with van der Waals surface area (Å²) in [5.74, 6) is 0.834. The van der Waals surface area contributed by atoms with E-state index in [4.69, 9.17) is 4.74 Å². The fourth-order valence-electron chi connectivity index (χ4n) is 5.80. The largest absolute Gasteiger partial charge is 0.475 e. The third-order valence-corrected chi connectivity index (χ3v) is 8.09. The van der Waals surface area contributed by atoms with E-state index < -0.39 is 5.60 Å². The van der Waals surface area contributed by atoms with Crippen molar-refractivity contribution in [2.24, 2.45) is 0 Å². The number of pyridine rings is 1. The minimum atomic E-state index is -1.06. The first-order valence-electron chi connectivity index (χ1n) is 13.0. The highest BCUT2D eigenvalue weighted by molar-refractivity contribution is 5.87. The van der Waals surface area contributed by atoms with Crippen molar-refractivity contribution in [1.82, 2.24) is 19.2 Å². The lowest BCUT2D eigenvalue weighted by molar-refractivity contribution is -0.144. The lowest BCUT2D eigenvalue weighted by Crippen LogP contribution is -2.54. The predicted octanol–water partition coefficient (Wildman–Crippen LogP) is 4.02. The number of benzene rings is 1. The number of piperidine rings is 2. The van der Waals surface area contributed by atoms with Crippen LogP contribution < -0.4 is 4.74 Å². The average Bonchev–Trinajstić information content (AvgIpc) is 3.45. The summed E-state index contributed by atoms with van der Waals surface area (Å²) in [5, 5.41) is 10.2. The van der Waals surface area contributed by atoms with Gasteiger partial charge in [-0.05, 0) is 81.7 Å². The number of hydrogen-bond acceptors (Lipinski definition) is 5. The predicted molar refractivity (Wildman–Crippen MR) is 134 cm³/mol. The van der Waals surface area contributed by atoms with Crippen LogP contribution in [0.2, 0.25) is 0 Å². The SMILES string of the molecule is Cc1c(-c2ccc(OC3CCCCN3C3CCN(C(=O)C4(O)CC4)CC3)cc2)ccc2nccn12. The number of aromatic nitrogens is 2. The van der Waals surface area contributed by atoms with Crippen molar-refractivity contribution in [3.8, 4) is 16.9 Å². The van der Waals surface area contributed by atoms with Crippen molar-refractivity contribution in [3.05, 3.63) is 54.5 Å². The number of likely N-dealkylation sites (tertiary alicyclic amines) is 2. The van der Waals surface area contributed by atoms with E-state index in [2.05, 4.69) is 57.6 Å². The van der Waals surface area contributed by atoms with E-state index in [1.54, 1.807) is 0 Å². The molecule has 4 heterocycles. The van der Waals surface area contributed by atoms with Gasteiger partial charge < -0.3 is 19.1 Å². The summed E-state index contributed by atoms with van der Waals surface area (Å²) >= 11 is 0. The molecule has 184 valence electrons. The monoisotopic (exact) mass is 474 g/mol. The van der Waals surface area contributed by atoms with Gasteiger partial charge in [0.25, 0.3) is 5.91 Å². The number of ether oxygens (including phenoxy) is 1. The van der Waals surface area contributed by atoms with Gasteiger partial charge in [-0.15, -0.1) is 0 Å². The number of carbonyl (C=O) groups excluding carboxylic acids is 1.